The van der Waals surface area contributed by atoms with Gasteiger partial charge in [-0.3, -0.25) is 20.4 Å². The Morgan fingerprint density at radius 1 is 0.968 bits per heavy atom. The van der Waals surface area contributed by atoms with Gasteiger partial charge in [0.2, 0.25) is 5.82 Å². The van der Waals surface area contributed by atoms with Gasteiger partial charge in [-0.15, -0.1) is 16.4 Å². The van der Waals surface area contributed by atoms with Crippen molar-refractivity contribution >= 4 is 28.8 Å². The Kier molecular flexibility index (Phi) is 6.04. The lowest BCUT2D eigenvalue weighted by atomic mass is 10.2. The molecule has 2 heterocycles. The number of thiophene rings is 1. The van der Waals surface area contributed by atoms with Gasteiger partial charge in [-0.05, 0) is 42.6 Å². The number of hydrogen-bond acceptors (Lipinski definition) is 6. The summed E-state index contributed by atoms with van der Waals surface area (Å²) < 4.78 is 1.61. The number of para-hydroxylation sites is 1. The Morgan fingerprint density at radius 2 is 1.74 bits per heavy atom. The maximum Gasteiger partial charge on any atom is 0.309 e. The third-order valence-corrected chi connectivity index (χ3v) is 5.24. The molecule has 8 nitrogen and oxygen atoms in total. The first kappa shape index (κ1) is 20.3. The molecule has 31 heavy (non-hydrogen) atoms. The molecule has 0 aliphatic rings. The monoisotopic (exact) mass is 432 g/mol. The Labute approximate surface area is 182 Å². The van der Waals surface area contributed by atoms with Crippen LogP contribution in [0.15, 0.2) is 72.1 Å². The minimum absolute atomic E-state index is 0.00959. The van der Waals surface area contributed by atoms with Crippen LogP contribution in [0, 0.1) is 6.92 Å². The largest absolute Gasteiger partial charge is 0.376 e. The van der Waals surface area contributed by atoms with Crippen LogP contribution in [-0.4, -0.2) is 33.1 Å². The van der Waals surface area contributed by atoms with Crippen LogP contribution in [0.25, 0.3) is 16.4 Å². The minimum atomic E-state index is -0.601. The fraction of sp³-hybridized carbons (Fsp3) is 0.0909. The molecule has 9 heteroatoms. The number of hydrogen-bond donors (Lipinski definition) is 3. The van der Waals surface area contributed by atoms with Gasteiger partial charge in [0, 0.05) is 5.69 Å². The van der Waals surface area contributed by atoms with E-state index in [0.717, 1.165) is 21.8 Å². The lowest BCUT2D eigenvalue weighted by Gasteiger charge is -2.08. The third-order valence-electron chi connectivity index (χ3n) is 4.37. The van der Waals surface area contributed by atoms with Crippen molar-refractivity contribution in [1.29, 1.82) is 0 Å². The van der Waals surface area contributed by atoms with Gasteiger partial charge >= 0.3 is 5.91 Å². The molecule has 2 aromatic heterocycles. The van der Waals surface area contributed by atoms with Crippen LogP contribution in [0.4, 0.5) is 5.69 Å². The molecule has 0 unspecified atom stereocenters. The summed E-state index contributed by atoms with van der Waals surface area (Å²) in [5.41, 5.74) is 7.47. The van der Waals surface area contributed by atoms with E-state index in [4.69, 9.17) is 0 Å². The molecule has 4 aromatic rings. The summed E-state index contributed by atoms with van der Waals surface area (Å²) in [5.74, 6) is -0.483. The van der Waals surface area contributed by atoms with Gasteiger partial charge in [0.25, 0.3) is 5.91 Å². The van der Waals surface area contributed by atoms with Gasteiger partial charge in [0.1, 0.15) is 0 Å². The number of nitrogens with one attached hydrogen (secondary N) is 3. The van der Waals surface area contributed by atoms with Gasteiger partial charge < -0.3 is 5.32 Å². The van der Waals surface area contributed by atoms with Gasteiger partial charge in [0.15, 0.2) is 5.82 Å². The van der Waals surface area contributed by atoms with Crippen LogP contribution >= 0.6 is 11.3 Å². The Morgan fingerprint density at radius 3 is 2.45 bits per heavy atom. The number of carbonyl (C=O) groups excluding carboxylic acids is 2. The van der Waals surface area contributed by atoms with Crippen LogP contribution in [0.5, 0.6) is 0 Å². The van der Waals surface area contributed by atoms with Crippen LogP contribution in [0.3, 0.4) is 0 Å². The summed E-state index contributed by atoms with van der Waals surface area (Å²) in [6.07, 6.45) is 0. The summed E-state index contributed by atoms with van der Waals surface area (Å²) in [7, 11) is 0. The van der Waals surface area contributed by atoms with E-state index in [1.165, 1.54) is 11.3 Å². The molecule has 0 radical (unpaired) electrons. The first-order chi connectivity index (χ1) is 15.1. The smallest absolute Gasteiger partial charge is 0.309 e. The van der Waals surface area contributed by atoms with Crippen LogP contribution < -0.4 is 16.2 Å². The standard InChI is InChI=1S/C22H20N6O2S/c1-15-9-11-16(12-10-15)23-14-19(29)25-26-22(30)20-24-21(18-8-5-13-31-18)28(27-20)17-6-3-2-4-7-17/h2-13,23H,14H2,1H3,(H,25,29)(H,26,30). The van der Waals surface area contributed by atoms with Crippen molar-refractivity contribution in [3.8, 4) is 16.4 Å². The van der Waals surface area contributed by atoms with E-state index >= 15 is 0 Å². The van der Waals surface area contributed by atoms with Crippen molar-refractivity contribution in [3.63, 3.8) is 0 Å². The molecular formula is C22H20N6O2S. The molecular weight excluding hydrogens is 412 g/mol. The number of amides is 2. The van der Waals surface area contributed by atoms with E-state index in [-0.39, 0.29) is 12.4 Å². The van der Waals surface area contributed by atoms with Gasteiger partial charge in [-0.2, -0.15) is 0 Å². The van der Waals surface area contributed by atoms with Crippen LogP contribution in [0.2, 0.25) is 0 Å². The number of rotatable bonds is 6. The molecule has 0 saturated carbocycles. The second-order valence-electron chi connectivity index (χ2n) is 6.71. The average molecular weight is 433 g/mol. The van der Waals surface area contributed by atoms with Crippen molar-refractivity contribution < 1.29 is 9.59 Å². The van der Waals surface area contributed by atoms with Crippen molar-refractivity contribution in [2.24, 2.45) is 0 Å². The third kappa shape index (κ3) is 4.96. The Hall–Kier alpha value is -3.98. The zero-order valence-electron chi connectivity index (χ0n) is 16.7. The van der Waals surface area contributed by atoms with E-state index in [9.17, 15) is 9.59 Å². The molecule has 0 aliphatic carbocycles. The predicted molar refractivity (Wildman–Crippen MR) is 120 cm³/mol. The molecule has 156 valence electrons. The molecule has 0 atom stereocenters. The summed E-state index contributed by atoms with van der Waals surface area (Å²) >= 11 is 1.50. The predicted octanol–water partition coefficient (Wildman–Crippen LogP) is 3.18. The number of carbonyl (C=O) groups is 2. The lowest BCUT2D eigenvalue weighted by Crippen LogP contribution is -2.44. The van der Waals surface area contributed by atoms with Gasteiger partial charge in [0.05, 0.1) is 17.1 Å². The molecule has 4 rings (SSSR count). The van der Waals surface area contributed by atoms with Gasteiger partial charge in [-0.1, -0.05) is 42.0 Å². The second kappa shape index (κ2) is 9.23. The van der Waals surface area contributed by atoms with Crippen LogP contribution in [-0.2, 0) is 4.79 Å². The average Bonchev–Trinajstić information content (AvgIpc) is 3.47. The SMILES string of the molecule is Cc1ccc(NCC(=O)NNC(=O)c2nc(-c3cccs3)n(-c3ccccc3)n2)cc1. The van der Waals surface area contributed by atoms with Crippen molar-refractivity contribution in [3.05, 3.63) is 83.5 Å². The van der Waals surface area contributed by atoms with Crippen molar-refractivity contribution in [2.75, 3.05) is 11.9 Å². The van der Waals surface area contributed by atoms with E-state index < -0.39 is 11.8 Å². The second-order valence-corrected chi connectivity index (χ2v) is 7.65. The topological polar surface area (TPSA) is 101 Å². The van der Waals surface area contributed by atoms with Gasteiger partial charge in [-0.25, -0.2) is 9.67 Å². The zero-order valence-corrected chi connectivity index (χ0v) is 17.5. The molecule has 2 aromatic carbocycles. The maximum absolute atomic E-state index is 12.5. The first-order valence-electron chi connectivity index (χ1n) is 9.56. The number of nitrogens with zero attached hydrogens (tertiary/aromatic N) is 3. The summed E-state index contributed by atoms with van der Waals surface area (Å²) in [4.78, 5) is 29.9. The van der Waals surface area contributed by atoms with E-state index in [1.54, 1.807) is 4.68 Å². The number of anilines is 1. The normalized spacial score (nSPS) is 10.5. The maximum atomic E-state index is 12.5. The fourth-order valence-corrected chi connectivity index (χ4v) is 3.50. The molecule has 0 saturated heterocycles. The van der Waals surface area contributed by atoms with E-state index in [0.29, 0.717) is 5.82 Å². The van der Waals surface area contributed by atoms with E-state index in [2.05, 4.69) is 26.3 Å². The Bertz CT molecular complexity index is 1170. The lowest BCUT2D eigenvalue weighted by molar-refractivity contribution is -0.120. The fourth-order valence-electron chi connectivity index (χ4n) is 2.80. The summed E-state index contributed by atoms with van der Waals surface area (Å²) in [5, 5.41) is 9.27. The molecule has 0 fully saturated rings. The molecule has 0 aliphatic heterocycles. The van der Waals surface area contributed by atoms with Crippen molar-refractivity contribution in [2.45, 2.75) is 6.92 Å². The minimum Gasteiger partial charge on any atom is -0.376 e. The van der Waals surface area contributed by atoms with E-state index in [1.807, 2.05) is 79.0 Å². The highest BCUT2D eigenvalue weighted by atomic mass is 32.1. The summed E-state index contributed by atoms with van der Waals surface area (Å²) in [6.45, 7) is 2.00. The number of aryl methyl sites for hydroxylation is 1. The van der Waals surface area contributed by atoms with Crippen molar-refractivity contribution in [1.82, 2.24) is 25.6 Å². The first-order valence-corrected chi connectivity index (χ1v) is 10.4. The molecule has 3 N–H and O–H groups in total. The Balaban J connectivity index is 1.42. The molecule has 2 amide bonds. The highest BCUT2D eigenvalue weighted by molar-refractivity contribution is 7.13. The number of hydrazine groups is 1. The molecule has 0 spiro atoms. The molecule has 0 bridgehead atoms. The number of benzene rings is 2. The highest BCUT2D eigenvalue weighted by Gasteiger charge is 2.19. The quantitative estimate of drug-likeness (QED) is 0.406. The number of aromatic nitrogens is 3. The van der Waals surface area contributed by atoms with Crippen LogP contribution in [0.1, 0.15) is 16.2 Å². The summed E-state index contributed by atoms with van der Waals surface area (Å²) in [6, 6.07) is 20.9. The zero-order chi connectivity index (χ0) is 21.6. The highest BCUT2D eigenvalue weighted by Crippen LogP contribution is 2.25.